The van der Waals surface area contributed by atoms with E-state index < -0.39 is 5.82 Å². The summed E-state index contributed by atoms with van der Waals surface area (Å²) in [6.07, 6.45) is 2.73. The molecule has 110 valence electrons. The lowest BCUT2D eigenvalue weighted by molar-refractivity contribution is -0.0702. The van der Waals surface area contributed by atoms with Crippen LogP contribution in [0.5, 0.6) is 0 Å². The van der Waals surface area contributed by atoms with E-state index in [0.29, 0.717) is 26.1 Å². The lowest BCUT2D eigenvalue weighted by atomic mass is 9.81. The number of morpholine rings is 1. The Balaban J connectivity index is 1.80. The number of pyridine rings is 1. The van der Waals surface area contributed by atoms with E-state index in [0.717, 1.165) is 6.07 Å². The summed E-state index contributed by atoms with van der Waals surface area (Å²) >= 11 is 0. The topological polar surface area (TPSA) is 66.2 Å². The Morgan fingerprint density at radius 3 is 2.71 bits per heavy atom. The molecular formula is C15H16FN3O2. The first kappa shape index (κ1) is 14.1. The molecular weight excluding hydrogens is 273 g/mol. The van der Waals surface area contributed by atoms with Crippen molar-refractivity contribution in [3.63, 3.8) is 0 Å². The molecule has 2 aliphatic rings. The Bertz CT molecular complexity index is 599. The first-order chi connectivity index (χ1) is 10.1. The normalized spacial score (nSPS) is 28.9. The highest BCUT2D eigenvalue weighted by atomic mass is 19.1. The Morgan fingerprint density at radius 1 is 1.48 bits per heavy atom. The van der Waals surface area contributed by atoms with Gasteiger partial charge in [-0.3, -0.25) is 9.69 Å². The highest BCUT2D eigenvalue weighted by Gasteiger charge is 2.39. The Hall–Kier alpha value is -1.84. The number of carbonyl (C=O) groups excluding carboxylic acids is 1. The predicted octanol–water partition coefficient (Wildman–Crippen LogP) is 1.38. The van der Waals surface area contributed by atoms with Crippen molar-refractivity contribution in [2.24, 2.45) is 5.92 Å². The average Bonchev–Trinajstić information content (AvgIpc) is 2.46. The second kappa shape index (κ2) is 5.51. The summed E-state index contributed by atoms with van der Waals surface area (Å²) in [5.41, 5.74) is -0.0276. The number of Topliss-reactive ketones (excluding diaryl/α,β-unsaturated/α-hetero) is 1. The third-order valence-electron chi connectivity index (χ3n) is 4.49. The van der Waals surface area contributed by atoms with Crippen LogP contribution >= 0.6 is 0 Å². The van der Waals surface area contributed by atoms with Crippen molar-refractivity contribution in [2.75, 3.05) is 20.3 Å². The number of nitrogens with zero attached hydrogens (tertiary/aromatic N) is 3. The molecule has 0 saturated carbocycles. The molecule has 1 aromatic heterocycles. The third kappa shape index (κ3) is 2.55. The van der Waals surface area contributed by atoms with E-state index in [9.17, 15) is 9.18 Å². The summed E-state index contributed by atoms with van der Waals surface area (Å²) in [5, 5.41) is 8.68. The standard InChI is InChI=1S/C15H16FN3O2/c1-19-11-2-9(3-12(19)8-21-7-11)15(20)10-4-13(16)14(5-17)18-6-10/h4,6,9,11-12H,2-3,7-8H2,1H3. The zero-order valence-electron chi connectivity index (χ0n) is 11.8. The number of ether oxygens (including phenoxy) is 1. The number of nitriles is 1. The van der Waals surface area contributed by atoms with Crippen LogP contribution in [-0.2, 0) is 4.74 Å². The Kier molecular flexibility index (Phi) is 3.70. The van der Waals surface area contributed by atoms with Gasteiger partial charge in [0, 0.05) is 29.8 Å². The fraction of sp³-hybridized carbons (Fsp3) is 0.533. The average molecular weight is 289 g/mol. The maximum atomic E-state index is 13.6. The fourth-order valence-corrected chi connectivity index (χ4v) is 3.20. The van der Waals surface area contributed by atoms with E-state index in [1.807, 2.05) is 0 Å². The molecule has 0 aromatic carbocycles. The molecule has 0 spiro atoms. The summed E-state index contributed by atoms with van der Waals surface area (Å²) in [6.45, 7) is 1.27. The van der Waals surface area contributed by atoms with Crippen LogP contribution in [0.1, 0.15) is 28.9 Å². The monoisotopic (exact) mass is 289 g/mol. The van der Waals surface area contributed by atoms with E-state index >= 15 is 0 Å². The van der Waals surface area contributed by atoms with Gasteiger partial charge in [-0.2, -0.15) is 5.26 Å². The number of hydrogen-bond donors (Lipinski definition) is 0. The maximum Gasteiger partial charge on any atom is 0.176 e. The molecule has 1 aromatic rings. The molecule has 0 amide bonds. The Morgan fingerprint density at radius 2 is 2.14 bits per heavy atom. The number of halogens is 1. The molecule has 0 N–H and O–H groups in total. The number of piperidine rings is 1. The van der Waals surface area contributed by atoms with Gasteiger partial charge in [-0.05, 0) is 26.0 Å². The van der Waals surface area contributed by atoms with E-state index in [-0.39, 0.29) is 35.0 Å². The first-order valence-corrected chi connectivity index (χ1v) is 6.99. The highest BCUT2D eigenvalue weighted by Crippen LogP contribution is 2.32. The quantitative estimate of drug-likeness (QED) is 0.770. The number of rotatable bonds is 2. The highest BCUT2D eigenvalue weighted by molar-refractivity contribution is 5.97. The molecule has 21 heavy (non-hydrogen) atoms. The number of ketones is 1. The summed E-state index contributed by atoms with van der Waals surface area (Å²) in [5.74, 6) is -0.954. The number of aromatic nitrogens is 1. The molecule has 2 saturated heterocycles. The predicted molar refractivity (Wildman–Crippen MR) is 72.1 cm³/mol. The van der Waals surface area contributed by atoms with Gasteiger partial charge < -0.3 is 4.74 Å². The van der Waals surface area contributed by atoms with Crippen LogP contribution in [0, 0.1) is 23.1 Å². The molecule has 3 rings (SSSR count). The zero-order chi connectivity index (χ0) is 15.0. The van der Waals surface area contributed by atoms with Crippen molar-refractivity contribution in [1.82, 2.24) is 9.88 Å². The third-order valence-corrected chi connectivity index (χ3v) is 4.49. The molecule has 2 bridgehead atoms. The molecule has 5 nitrogen and oxygen atoms in total. The Labute approximate surface area is 122 Å². The van der Waals surface area contributed by atoms with E-state index in [1.165, 1.54) is 6.20 Å². The molecule has 6 heteroatoms. The molecule has 2 fully saturated rings. The van der Waals surface area contributed by atoms with Crippen LogP contribution in [0.15, 0.2) is 12.3 Å². The van der Waals surface area contributed by atoms with Gasteiger partial charge in [-0.25, -0.2) is 9.37 Å². The van der Waals surface area contributed by atoms with Crippen LogP contribution in [0.2, 0.25) is 0 Å². The zero-order valence-corrected chi connectivity index (χ0v) is 11.8. The number of likely N-dealkylation sites (N-methyl/N-ethyl adjacent to an activating group) is 1. The van der Waals surface area contributed by atoms with Crippen molar-refractivity contribution in [2.45, 2.75) is 24.9 Å². The molecule has 2 unspecified atom stereocenters. The minimum atomic E-state index is -0.736. The van der Waals surface area contributed by atoms with Gasteiger partial charge in [0.15, 0.2) is 17.3 Å². The van der Waals surface area contributed by atoms with Gasteiger partial charge in [0.25, 0.3) is 0 Å². The molecule has 0 radical (unpaired) electrons. The van der Waals surface area contributed by atoms with Crippen LogP contribution in [0.3, 0.4) is 0 Å². The first-order valence-electron chi connectivity index (χ1n) is 6.99. The van der Waals surface area contributed by atoms with E-state index in [1.54, 1.807) is 6.07 Å². The largest absolute Gasteiger partial charge is 0.378 e. The fourth-order valence-electron chi connectivity index (χ4n) is 3.20. The molecule has 0 aliphatic carbocycles. The second-order valence-electron chi connectivity index (χ2n) is 5.71. The van der Waals surface area contributed by atoms with E-state index in [2.05, 4.69) is 16.9 Å². The van der Waals surface area contributed by atoms with Crippen LogP contribution < -0.4 is 0 Å². The van der Waals surface area contributed by atoms with Crippen molar-refractivity contribution in [1.29, 1.82) is 5.26 Å². The van der Waals surface area contributed by atoms with Gasteiger partial charge in [0.1, 0.15) is 6.07 Å². The molecule has 3 heterocycles. The number of carbonyl (C=O) groups is 1. The SMILES string of the molecule is CN1C2COCC1CC(C(=O)c1cnc(C#N)c(F)c1)C2. The van der Waals surface area contributed by atoms with Gasteiger partial charge in [-0.1, -0.05) is 0 Å². The van der Waals surface area contributed by atoms with Gasteiger partial charge >= 0.3 is 0 Å². The van der Waals surface area contributed by atoms with Gasteiger partial charge in [0.05, 0.1) is 13.2 Å². The van der Waals surface area contributed by atoms with Crippen molar-refractivity contribution >= 4 is 5.78 Å². The minimum Gasteiger partial charge on any atom is -0.378 e. The lowest BCUT2D eigenvalue weighted by Gasteiger charge is -2.46. The number of fused-ring (bicyclic) bond motifs is 2. The van der Waals surface area contributed by atoms with Crippen LogP contribution in [0.4, 0.5) is 4.39 Å². The van der Waals surface area contributed by atoms with Crippen molar-refractivity contribution in [3.05, 3.63) is 29.3 Å². The summed E-state index contributed by atoms with van der Waals surface area (Å²) in [6, 6.07) is 3.26. The summed E-state index contributed by atoms with van der Waals surface area (Å²) in [7, 11) is 2.06. The second-order valence-corrected chi connectivity index (χ2v) is 5.71. The van der Waals surface area contributed by atoms with Crippen molar-refractivity contribution < 1.29 is 13.9 Å². The molecule has 2 aliphatic heterocycles. The van der Waals surface area contributed by atoms with Crippen LogP contribution in [-0.4, -0.2) is 48.0 Å². The minimum absolute atomic E-state index is 0.0871. The van der Waals surface area contributed by atoms with Crippen LogP contribution in [0.25, 0.3) is 0 Å². The number of hydrogen-bond acceptors (Lipinski definition) is 5. The lowest BCUT2D eigenvalue weighted by Crippen LogP contribution is -2.55. The maximum absolute atomic E-state index is 13.6. The smallest absolute Gasteiger partial charge is 0.176 e. The summed E-state index contributed by atoms with van der Waals surface area (Å²) < 4.78 is 19.1. The van der Waals surface area contributed by atoms with Crippen molar-refractivity contribution in [3.8, 4) is 6.07 Å². The van der Waals surface area contributed by atoms with Gasteiger partial charge in [-0.15, -0.1) is 0 Å². The van der Waals surface area contributed by atoms with E-state index in [4.69, 9.17) is 10.00 Å². The van der Waals surface area contributed by atoms with Gasteiger partial charge in [0.2, 0.25) is 0 Å². The summed E-state index contributed by atoms with van der Waals surface area (Å²) in [4.78, 5) is 18.5. The molecule has 2 atom stereocenters.